The number of methoxy groups -OCH3 is 2. The van der Waals surface area contributed by atoms with Gasteiger partial charge >= 0.3 is 0 Å². The first kappa shape index (κ1) is 12.8. The summed E-state index contributed by atoms with van der Waals surface area (Å²) in [6.45, 7) is 8.05. The maximum atomic E-state index is 6.15. The first-order valence-corrected chi connectivity index (χ1v) is 5.34. The molecule has 2 N–H and O–H groups in total. The van der Waals surface area contributed by atoms with Crippen LogP contribution in [-0.4, -0.2) is 14.2 Å². The van der Waals surface area contributed by atoms with Crippen LogP contribution in [0.1, 0.15) is 30.5 Å². The second-order valence-corrected chi connectivity index (χ2v) is 4.63. The van der Waals surface area contributed by atoms with Gasteiger partial charge in [-0.15, -0.1) is 0 Å². The first-order valence-electron chi connectivity index (χ1n) is 5.34. The number of rotatable bonds is 3. The van der Waals surface area contributed by atoms with Crippen molar-refractivity contribution in [2.75, 3.05) is 14.2 Å². The van der Waals surface area contributed by atoms with Crippen molar-refractivity contribution in [2.45, 2.75) is 33.2 Å². The molecule has 0 saturated heterocycles. The van der Waals surface area contributed by atoms with Gasteiger partial charge in [-0.25, -0.2) is 0 Å². The van der Waals surface area contributed by atoms with Gasteiger partial charge in [0.1, 0.15) is 0 Å². The summed E-state index contributed by atoms with van der Waals surface area (Å²) in [7, 11) is 3.29. The van der Waals surface area contributed by atoms with E-state index in [9.17, 15) is 0 Å². The summed E-state index contributed by atoms with van der Waals surface area (Å²) in [6, 6.07) is 1.96. The molecule has 1 aromatic carbocycles. The molecule has 0 amide bonds. The van der Waals surface area contributed by atoms with Gasteiger partial charge in [0, 0.05) is 5.54 Å². The maximum Gasteiger partial charge on any atom is 0.163 e. The maximum absolute atomic E-state index is 6.15. The van der Waals surface area contributed by atoms with Crippen molar-refractivity contribution in [1.82, 2.24) is 0 Å². The molecule has 3 nitrogen and oxygen atoms in total. The summed E-state index contributed by atoms with van der Waals surface area (Å²) in [5.41, 5.74) is 9.09. The third-order valence-corrected chi connectivity index (χ3v) is 2.92. The second kappa shape index (κ2) is 4.34. The third-order valence-electron chi connectivity index (χ3n) is 2.92. The van der Waals surface area contributed by atoms with Crippen molar-refractivity contribution in [1.29, 1.82) is 0 Å². The highest BCUT2D eigenvalue weighted by Gasteiger charge is 2.22. The Labute approximate surface area is 97.6 Å². The molecule has 0 fully saturated rings. The minimum atomic E-state index is -0.381. The zero-order chi connectivity index (χ0) is 12.5. The van der Waals surface area contributed by atoms with Crippen LogP contribution in [0.5, 0.6) is 11.5 Å². The predicted octanol–water partition coefficient (Wildman–Crippen LogP) is 2.51. The van der Waals surface area contributed by atoms with E-state index >= 15 is 0 Å². The van der Waals surface area contributed by atoms with Crippen molar-refractivity contribution < 1.29 is 9.47 Å². The first-order chi connectivity index (χ1) is 7.32. The van der Waals surface area contributed by atoms with Gasteiger partial charge in [-0.2, -0.15) is 0 Å². The summed E-state index contributed by atoms with van der Waals surface area (Å²) < 4.78 is 10.7. The number of ether oxygens (including phenoxy) is 2. The highest BCUT2D eigenvalue weighted by atomic mass is 16.5. The molecule has 1 aromatic rings. The van der Waals surface area contributed by atoms with Gasteiger partial charge < -0.3 is 15.2 Å². The summed E-state index contributed by atoms with van der Waals surface area (Å²) in [4.78, 5) is 0. The Bertz CT molecular complexity index is 392. The molecule has 0 aliphatic carbocycles. The van der Waals surface area contributed by atoms with Gasteiger partial charge in [-0.3, -0.25) is 0 Å². The van der Waals surface area contributed by atoms with Crippen LogP contribution >= 0.6 is 0 Å². The topological polar surface area (TPSA) is 44.5 Å². The second-order valence-electron chi connectivity index (χ2n) is 4.63. The zero-order valence-electron chi connectivity index (χ0n) is 11.0. The van der Waals surface area contributed by atoms with Crippen molar-refractivity contribution in [2.24, 2.45) is 5.73 Å². The predicted molar refractivity (Wildman–Crippen MR) is 66.2 cm³/mol. The molecule has 0 spiro atoms. The van der Waals surface area contributed by atoms with E-state index in [0.29, 0.717) is 0 Å². The zero-order valence-corrected chi connectivity index (χ0v) is 11.0. The minimum Gasteiger partial charge on any atom is -0.493 e. The van der Waals surface area contributed by atoms with E-state index in [0.717, 1.165) is 28.2 Å². The lowest BCUT2D eigenvalue weighted by Crippen LogP contribution is -2.30. The molecule has 3 heteroatoms. The van der Waals surface area contributed by atoms with E-state index in [4.69, 9.17) is 15.2 Å². The minimum absolute atomic E-state index is 0.381. The van der Waals surface area contributed by atoms with Gasteiger partial charge in [0.25, 0.3) is 0 Å². The van der Waals surface area contributed by atoms with Crippen molar-refractivity contribution in [3.63, 3.8) is 0 Å². The molecule has 0 atom stereocenters. The molecule has 0 aromatic heterocycles. The van der Waals surface area contributed by atoms with E-state index in [1.54, 1.807) is 14.2 Å². The summed E-state index contributed by atoms with van der Waals surface area (Å²) in [5, 5.41) is 0. The van der Waals surface area contributed by atoms with Gasteiger partial charge in [0.05, 0.1) is 14.2 Å². The third kappa shape index (κ3) is 2.14. The van der Waals surface area contributed by atoms with Crippen LogP contribution in [0, 0.1) is 13.8 Å². The smallest absolute Gasteiger partial charge is 0.163 e. The molecule has 90 valence electrons. The van der Waals surface area contributed by atoms with Crippen molar-refractivity contribution >= 4 is 0 Å². The highest BCUT2D eigenvalue weighted by Crippen LogP contribution is 2.37. The molecule has 0 aliphatic heterocycles. The molecule has 0 aliphatic rings. The van der Waals surface area contributed by atoms with Gasteiger partial charge in [-0.1, -0.05) is 0 Å². The number of benzene rings is 1. The van der Waals surface area contributed by atoms with Gasteiger partial charge in [0.2, 0.25) is 0 Å². The number of hydrogen-bond donors (Lipinski definition) is 1. The molecular weight excluding hydrogens is 202 g/mol. The highest BCUT2D eigenvalue weighted by molar-refractivity contribution is 5.55. The molecular formula is C13H21NO2. The molecule has 16 heavy (non-hydrogen) atoms. The lowest BCUT2D eigenvalue weighted by atomic mass is 9.88. The quantitative estimate of drug-likeness (QED) is 0.856. The van der Waals surface area contributed by atoms with Crippen LogP contribution in [0.3, 0.4) is 0 Å². The van der Waals surface area contributed by atoms with Crippen molar-refractivity contribution in [3.8, 4) is 11.5 Å². The Balaban J connectivity index is 3.51. The average molecular weight is 223 g/mol. The summed E-state index contributed by atoms with van der Waals surface area (Å²) in [5.74, 6) is 1.52. The SMILES string of the molecule is COc1cc(C(C)(C)N)c(C)c(C)c1OC. The Kier molecular flexibility index (Phi) is 3.48. The molecule has 1 rings (SSSR count). The monoisotopic (exact) mass is 223 g/mol. The van der Waals surface area contributed by atoms with E-state index in [2.05, 4.69) is 6.92 Å². The number of hydrogen-bond acceptors (Lipinski definition) is 3. The van der Waals surface area contributed by atoms with E-state index < -0.39 is 0 Å². The van der Waals surface area contributed by atoms with E-state index in [1.165, 1.54) is 0 Å². The van der Waals surface area contributed by atoms with Crippen LogP contribution in [0.2, 0.25) is 0 Å². The standard InChI is InChI=1S/C13H21NO2/c1-8-9(2)12(16-6)11(15-5)7-10(8)13(3,4)14/h7H,14H2,1-6H3. The molecule has 0 heterocycles. The van der Waals surface area contributed by atoms with E-state index in [1.807, 2.05) is 26.8 Å². The van der Waals surface area contributed by atoms with Crippen LogP contribution in [0.4, 0.5) is 0 Å². The Hall–Kier alpha value is -1.22. The number of nitrogens with two attached hydrogens (primary N) is 1. The summed E-state index contributed by atoms with van der Waals surface area (Å²) >= 11 is 0. The normalized spacial score (nSPS) is 11.4. The van der Waals surface area contributed by atoms with Gasteiger partial charge in [-0.05, 0) is 50.5 Å². The lowest BCUT2D eigenvalue weighted by Gasteiger charge is -2.25. The lowest BCUT2D eigenvalue weighted by molar-refractivity contribution is 0.350. The Morgan fingerprint density at radius 1 is 1.06 bits per heavy atom. The fraction of sp³-hybridized carbons (Fsp3) is 0.538. The van der Waals surface area contributed by atoms with Gasteiger partial charge in [0.15, 0.2) is 11.5 Å². The Morgan fingerprint density at radius 3 is 2.00 bits per heavy atom. The summed E-state index contributed by atoms with van der Waals surface area (Å²) in [6.07, 6.45) is 0. The average Bonchev–Trinajstić information content (AvgIpc) is 2.19. The molecule has 0 radical (unpaired) electrons. The van der Waals surface area contributed by atoms with Crippen LogP contribution in [0.25, 0.3) is 0 Å². The van der Waals surface area contributed by atoms with Crippen molar-refractivity contribution in [3.05, 3.63) is 22.8 Å². The Morgan fingerprint density at radius 2 is 1.62 bits per heavy atom. The molecule has 0 saturated carbocycles. The fourth-order valence-corrected chi connectivity index (χ4v) is 1.94. The largest absolute Gasteiger partial charge is 0.493 e. The van der Waals surface area contributed by atoms with E-state index in [-0.39, 0.29) is 5.54 Å². The van der Waals surface area contributed by atoms with Crippen LogP contribution in [0.15, 0.2) is 6.07 Å². The van der Waals surface area contributed by atoms with Crippen LogP contribution in [-0.2, 0) is 5.54 Å². The molecule has 0 unspecified atom stereocenters. The molecule has 0 bridgehead atoms. The fourth-order valence-electron chi connectivity index (χ4n) is 1.94. The van der Waals surface area contributed by atoms with Crippen LogP contribution < -0.4 is 15.2 Å².